The van der Waals surface area contributed by atoms with Crippen LogP contribution in [0, 0.1) is 23.7 Å². The maximum atomic E-state index is 12.7. The second kappa shape index (κ2) is 7.28. The SMILES string of the molecule is CCC(CC1CCCC1)C(=O)N1CCC(C(=O)O)C(C)C1. The van der Waals surface area contributed by atoms with Crippen molar-refractivity contribution in [3.63, 3.8) is 0 Å². The number of piperidine rings is 1. The number of carbonyl (C=O) groups excluding carboxylic acids is 1. The highest BCUT2D eigenvalue weighted by Crippen LogP contribution is 2.33. The maximum absolute atomic E-state index is 12.7. The Morgan fingerprint density at radius 2 is 1.90 bits per heavy atom. The molecule has 2 fully saturated rings. The minimum Gasteiger partial charge on any atom is -0.481 e. The van der Waals surface area contributed by atoms with E-state index >= 15 is 0 Å². The minimum atomic E-state index is -0.715. The van der Waals surface area contributed by atoms with Crippen LogP contribution in [0.5, 0.6) is 0 Å². The molecule has 1 N–H and O–H groups in total. The number of amides is 1. The zero-order valence-corrected chi connectivity index (χ0v) is 13.4. The number of aliphatic carboxylic acids is 1. The van der Waals surface area contributed by atoms with E-state index in [9.17, 15) is 14.7 Å². The van der Waals surface area contributed by atoms with Crippen molar-refractivity contribution >= 4 is 11.9 Å². The zero-order chi connectivity index (χ0) is 15.4. The first-order valence-electron chi connectivity index (χ1n) is 8.54. The van der Waals surface area contributed by atoms with Crippen LogP contribution in [-0.4, -0.2) is 35.0 Å². The molecule has 1 amide bonds. The lowest BCUT2D eigenvalue weighted by Gasteiger charge is -2.37. The van der Waals surface area contributed by atoms with Crippen LogP contribution >= 0.6 is 0 Å². The third-order valence-electron chi connectivity index (χ3n) is 5.47. The fraction of sp³-hybridized carbons (Fsp3) is 0.882. The standard InChI is InChI=1S/C17H29NO3/c1-3-14(10-13-6-4-5-7-13)16(19)18-9-8-15(17(20)21)12(2)11-18/h12-15H,3-11H2,1-2H3,(H,20,21). The second-order valence-electron chi connectivity index (χ2n) is 6.99. The molecule has 1 saturated carbocycles. The number of nitrogens with zero attached hydrogens (tertiary/aromatic N) is 1. The smallest absolute Gasteiger partial charge is 0.306 e. The van der Waals surface area contributed by atoms with Crippen LogP contribution in [0.2, 0.25) is 0 Å². The highest BCUT2D eigenvalue weighted by atomic mass is 16.4. The molecule has 120 valence electrons. The summed E-state index contributed by atoms with van der Waals surface area (Å²) >= 11 is 0. The molecule has 3 unspecified atom stereocenters. The van der Waals surface area contributed by atoms with Crippen LogP contribution < -0.4 is 0 Å². The average Bonchev–Trinajstić information content (AvgIpc) is 2.96. The summed E-state index contributed by atoms with van der Waals surface area (Å²) in [5.74, 6) is 0.190. The number of carboxylic acids is 1. The largest absolute Gasteiger partial charge is 0.481 e. The Bertz CT molecular complexity index is 376. The van der Waals surface area contributed by atoms with Gasteiger partial charge < -0.3 is 10.0 Å². The third-order valence-corrected chi connectivity index (χ3v) is 5.47. The summed E-state index contributed by atoms with van der Waals surface area (Å²) < 4.78 is 0. The van der Waals surface area contributed by atoms with Crippen LogP contribution in [0.1, 0.15) is 58.8 Å². The molecule has 0 aromatic heterocycles. The molecule has 3 atom stereocenters. The van der Waals surface area contributed by atoms with Gasteiger partial charge in [-0.05, 0) is 31.1 Å². The van der Waals surface area contributed by atoms with E-state index in [0.29, 0.717) is 19.5 Å². The molecule has 4 nitrogen and oxygen atoms in total. The molecule has 0 spiro atoms. The monoisotopic (exact) mass is 295 g/mol. The summed E-state index contributed by atoms with van der Waals surface area (Å²) in [5, 5.41) is 9.18. The van der Waals surface area contributed by atoms with Crippen LogP contribution in [-0.2, 0) is 9.59 Å². The first-order chi connectivity index (χ1) is 10.0. The molecular formula is C17H29NO3. The molecule has 2 rings (SSSR count). The fourth-order valence-corrected chi connectivity index (χ4v) is 4.06. The number of carbonyl (C=O) groups is 2. The summed E-state index contributed by atoms with van der Waals surface area (Å²) in [6, 6.07) is 0. The van der Waals surface area contributed by atoms with E-state index in [4.69, 9.17) is 0 Å². The molecule has 2 aliphatic rings. The second-order valence-corrected chi connectivity index (χ2v) is 6.99. The fourth-order valence-electron chi connectivity index (χ4n) is 4.06. The highest BCUT2D eigenvalue weighted by Gasteiger charge is 2.35. The quantitative estimate of drug-likeness (QED) is 0.847. The molecule has 1 aliphatic carbocycles. The molecule has 0 aromatic rings. The molecule has 0 radical (unpaired) electrons. The van der Waals surface area contributed by atoms with Gasteiger partial charge in [-0.25, -0.2) is 0 Å². The molecule has 0 aromatic carbocycles. The van der Waals surface area contributed by atoms with Crippen molar-refractivity contribution in [1.29, 1.82) is 0 Å². The number of hydrogen-bond acceptors (Lipinski definition) is 2. The van der Waals surface area contributed by atoms with E-state index in [-0.39, 0.29) is 23.7 Å². The summed E-state index contributed by atoms with van der Waals surface area (Å²) in [6.07, 6.45) is 7.72. The third kappa shape index (κ3) is 3.98. The van der Waals surface area contributed by atoms with Gasteiger partial charge >= 0.3 is 5.97 Å². The van der Waals surface area contributed by atoms with Gasteiger partial charge in [-0.2, -0.15) is 0 Å². The minimum absolute atomic E-state index is 0.0594. The Morgan fingerprint density at radius 3 is 2.43 bits per heavy atom. The van der Waals surface area contributed by atoms with Gasteiger partial charge in [0.1, 0.15) is 0 Å². The lowest BCUT2D eigenvalue weighted by Crippen LogP contribution is -2.47. The molecule has 1 heterocycles. The van der Waals surface area contributed by atoms with Crippen molar-refractivity contribution in [3.8, 4) is 0 Å². The predicted molar refractivity (Wildman–Crippen MR) is 81.8 cm³/mol. The van der Waals surface area contributed by atoms with E-state index in [0.717, 1.165) is 18.8 Å². The number of likely N-dealkylation sites (tertiary alicyclic amines) is 1. The lowest BCUT2D eigenvalue weighted by atomic mass is 9.85. The normalized spacial score (nSPS) is 28.6. The summed E-state index contributed by atoms with van der Waals surface area (Å²) in [5.41, 5.74) is 0. The van der Waals surface area contributed by atoms with E-state index in [1.165, 1.54) is 25.7 Å². The highest BCUT2D eigenvalue weighted by molar-refractivity contribution is 5.79. The van der Waals surface area contributed by atoms with Gasteiger partial charge in [-0.15, -0.1) is 0 Å². The van der Waals surface area contributed by atoms with Crippen LogP contribution in [0.15, 0.2) is 0 Å². The van der Waals surface area contributed by atoms with Crippen molar-refractivity contribution in [2.45, 2.75) is 58.8 Å². The molecule has 21 heavy (non-hydrogen) atoms. The first-order valence-corrected chi connectivity index (χ1v) is 8.54. The van der Waals surface area contributed by atoms with E-state index in [1.807, 2.05) is 11.8 Å². The Morgan fingerprint density at radius 1 is 1.24 bits per heavy atom. The van der Waals surface area contributed by atoms with Gasteiger partial charge in [0.25, 0.3) is 0 Å². The molecule has 4 heteroatoms. The van der Waals surface area contributed by atoms with Crippen molar-refractivity contribution in [3.05, 3.63) is 0 Å². The van der Waals surface area contributed by atoms with Crippen LogP contribution in [0.4, 0.5) is 0 Å². The van der Waals surface area contributed by atoms with Crippen LogP contribution in [0.25, 0.3) is 0 Å². The lowest BCUT2D eigenvalue weighted by molar-refractivity contribution is -0.149. The Hall–Kier alpha value is -1.06. The molecular weight excluding hydrogens is 266 g/mol. The van der Waals surface area contributed by atoms with E-state index < -0.39 is 5.97 Å². The van der Waals surface area contributed by atoms with Gasteiger partial charge in [0.15, 0.2) is 0 Å². The molecule has 1 saturated heterocycles. The van der Waals surface area contributed by atoms with Crippen molar-refractivity contribution in [2.24, 2.45) is 23.7 Å². The van der Waals surface area contributed by atoms with Gasteiger partial charge in [0.05, 0.1) is 5.92 Å². The van der Waals surface area contributed by atoms with Crippen molar-refractivity contribution < 1.29 is 14.7 Å². The number of carboxylic acid groups (broad SMARTS) is 1. The van der Waals surface area contributed by atoms with Crippen molar-refractivity contribution in [1.82, 2.24) is 4.90 Å². The van der Waals surface area contributed by atoms with Crippen molar-refractivity contribution in [2.75, 3.05) is 13.1 Å². The molecule has 0 bridgehead atoms. The molecule has 1 aliphatic heterocycles. The summed E-state index contributed by atoms with van der Waals surface area (Å²) in [6.45, 7) is 5.28. The van der Waals surface area contributed by atoms with Gasteiger partial charge in [-0.3, -0.25) is 9.59 Å². The summed E-state index contributed by atoms with van der Waals surface area (Å²) in [7, 11) is 0. The van der Waals surface area contributed by atoms with E-state index in [2.05, 4.69) is 6.92 Å². The van der Waals surface area contributed by atoms with Gasteiger partial charge in [-0.1, -0.05) is 39.5 Å². The Labute approximate surface area is 127 Å². The van der Waals surface area contributed by atoms with Gasteiger partial charge in [0.2, 0.25) is 5.91 Å². The Kier molecular flexibility index (Phi) is 5.65. The maximum Gasteiger partial charge on any atom is 0.306 e. The summed E-state index contributed by atoms with van der Waals surface area (Å²) in [4.78, 5) is 25.8. The topological polar surface area (TPSA) is 57.6 Å². The number of hydrogen-bond donors (Lipinski definition) is 1. The van der Waals surface area contributed by atoms with Crippen LogP contribution in [0.3, 0.4) is 0 Å². The first kappa shape index (κ1) is 16.3. The Balaban J connectivity index is 1.90. The predicted octanol–water partition coefficient (Wildman–Crippen LogP) is 3.16. The van der Waals surface area contributed by atoms with Gasteiger partial charge in [0, 0.05) is 19.0 Å². The van der Waals surface area contributed by atoms with E-state index in [1.54, 1.807) is 0 Å². The zero-order valence-electron chi connectivity index (χ0n) is 13.4. The number of rotatable bonds is 5. The average molecular weight is 295 g/mol.